The molecule has 0 aliphatic carbocycles. The number of amides is 1. The van der Waals surface area contributed by atoms with Crippen molar-refractivity contribution in [2.45, 2.75) is 38.9 Å². The molecule has 1 amide bonds. The van der Waals surface area contributed by atoms with E-state index in [1.54, 1.807) is 0 Å². The van der Waals surface area contributed by atoms with E-state index in [1.807, 2.05) is 13.8 Å². The second-order valence-electron chi connectivity index (χ2n) is 4.99. The zero-order chi connectivity index (χ0) is 13.7. The van der Waals surface area contributed by atoms with Crippen molar-refractivity contribution < 1.29 is 19.4 Å². The van der Waals surface area contributed by atoms with Gasteiger partial charge in [0, 0.05) is 13.1 Å². The third kappa shape index (κ3) is 3.96. The molecule has 0 aromatic rings. The van der Waals surface area contributed by atoms with E-state index >= 15 is 0 Å². The van der Waals surface area contributed by atoms with Crippen LogP contribution in [0.2, 0.25) is 0 Å². The van der Waals surface area contributed by atoms with Crippen LogP contribution in [-0.4, -0.2) is 42.3 Å². The first kappa shape index (κ1) is 14.9. The predicted molar refractivity (Wildman–Crippen MR) is 65.9 cm³/mol. The van der Waals surface area contributed by atoms with E-state index in [1.165, 1.54) is 0 Å². The van der Waals surface area contributed by atoms with Gasteiger partial charge in [0.25, 0.3) is 0 Å². The van der Waals surface area contributed by atoms with Crippen molar-refractivity contribution in [3.8, 4) is 0 Å². The maximum absolute atomic E-state index is 11.8. The maximum atomic E-state index is 11.8. The fourth-order valence-electron chi connectivity index (χ4n) is 2.06. The van der Waals surface area contributed by atoms with E-state index in [0.29, 0.717) is 25.9 Å². The Morgan fingerprint density at radius 1 is 1.44 bits per heavy atom. The SMILES string of the molecule is CC(C)C(CN)C(=O)NCC1CCC(C(=O)O)O1. The van der Waals surface area contributed by atoms with Gasteiger partial charge in [-0.15, -0.1) is 0 Å². The standard InChI is InChI=1S/C12H22N2O4/c1-7(2)9(5-13)11(15)14-6-8-3-4-10(18-8)12(16)17/h7-10H,3-6,13H2,1-2H3,(H,14,15)(H,16,17). The van der Waals surface area contributed by atoms with Gasteiger partial charge in [-0.1, -0.05) is 13.8 Å². The van der Waals surface area contributed by atoms with Crippen LogP contribution in [0.15, 0.2) is 0 Å². The van der Waals surface area contributed by atoms with Crippen molar-refractivity contribution in [2.24, 2.45) is 17.6 Å². The summed E-state index contributed by atoms with van der Waals surface area (Å²) in [6.45, 7) is 4.56. The largest absolute Gasteiger partial charge is 0.479 e. The van der Waals surface area contributed by atoms with Gasteiger partial charge in [0.2, 0.25) is 5.91 Å². The number of aliphatic carboxylic acids is 1. The molecule has 0 aromatic carbocycles. The summed E-state index contributed by atoms with van der Waals surface area (Å²) in [5.74, 6) is -1.05. The lowest BCUT2D eigenvalue weighted by molar-refractivity contribution is -0.149. The van der Waals surface area contributed by atoms with Crippen molar-refractivity contribution in [2.75, 3.05) is 13.1 Å². The number of carbonyl (C=O) groups is 2. The summed E-state index contributed by atoms with van der Waals surface area (Å²) >= 11 is 0. The normalized spacial score (nSPS) is 25.1. The molecule has 104 valence electrons. The van der Waals surface area contributed by atoms with E-state index in [-0.39, 0.29) is 23.8 Å². The first-order valence-corrected chi connectivity index (χ1v) is 6.31. The van der Waals surface area contributed by atoms with Gasteiger partial charge in [0.05, 0.1) is 12.0 Å². The van der Waals surface area contributed by atoms with Crippen LogP contribution < -0.4 is 11.1 Å². The number of rotatable bonds is 6. The summed E-state index contributed by atoms with van der Waals surface area (Å²) < 4.78 is 5.30. The van der Waals surface area contributed by atoms with Crippen molar-refractivity contribution in [1.82, 2.24) is 5.32 Å². The quantitative estimate of drug-likeness (QED) is 0.621. The van der Waals surface area contributed by atoms with E-state index in [2.05, 4.69) is 5.32 Å². The molecule has 0 bridgehead atoms. The Labute approximate surface area is 107 Å². The Morgan fingerprint density at radius 3 is 2.56 bits per heavy atom. The van der Waals surface area contributed by atoms with Crippen molar-refractivity contribution in [3.05, 3.63) is 0 Å². The molecule has 0 radical (unpaired) electrons. The maximum Gasteiger partial charge on any atom is 0.332 e. The molecule has 18 heavy (non-hydrogen) atoms. The lowest BCUT2D eigenvalue weighted by Crippen LogP contribution is -2.41. The minimum absolute atomic E-state index is 0.0881. The van der Waals surface area contributed by atoms with Gasteiger partial charge in [0.15, 0.2) is 6.10 Å². The predicted octanol–water partition coefficient (Wildman–Crippen LogP) is -0.0343. The first-order valence-electron chi connectivity index (χ1n) is 6.31. The average Bonchev–Trinajstić information content (AvgIpc) is 2.75. The highest BCUT2D eigenvalue weighted by atomic mass is 16.5. The van der Waals surface area contributed by atoms with Gasteiger partial charge in [-0.3, -0.25) is 4.79 Å². The Bertz CT molecular complexity index is 306. The fraction of sp³-hybridized carbons (Fsp3) is 0.833. The monoisotopic (exact) mass is 258 g/mol. The van der Waals surface area contributed by atoms with Crippen molar-refractivity contribution >= 4 is 11.9 Å². The number of carboxylic acids is 1. The Balaban J connectivity index is 2.33. The minimum atomic E-state index is -0.939. The molecule has 1 aliphatic rings. The zero-order valence-corrected chi connectivity index (χ0v) is 10.9. The molecule has 0 saturated carbocycles. The van der Waals surface area contributed by atoms with Gasteiger partial charge in [-0.2, -0.15) is 0 Å². The number of hydrogen-bond donors (Lipinski definition) is 3. The molecule has 3 atom stereocenters. The van der Waals surface area contributed by atoms with Gasteiger partial charge >= 0.3 is 5.97 Å². The smallest absolute Gasteiger partial charge is 0.332 e. The molecule has 6 heteroatoms. The molecular weight excluding hydrogens is 236 g/mol. The zero-order valence-electron chi connectivity index (χ0n) is 10.9. The minimum Gasteiger partial charge on any atom is -0.479 e. The first-order chi connectivity index (χ1) is 8.45. The number of nitrogens with two attached hydrogens (primary N) is 1. The summed E-state index contributed by atoms with van der Waals surface area (Å²) in [5, 5.41) is 11.6. The third-order valence-corrected chi connectivity index (χ3v) is 3.28. The van der Waals surface area contributed by atoms with E-state index < -0.39 is 12.1 Å². The second-order valence-corrected chi connectivity index (χ2v) is 4.99. The fourth-order valence-corrected chi connectivity index (χ4v) is 2.06. The Morgan fingerprint density at radius 2 is 2.11 bits per heavy atom. The molecule has 0 spiro atoms. The summed E-state index contributed by atoms with van der Waals surface area (Å²) in [7, 11) is 0. The summed E-state index contributed by atoms with van der Waals surface area (Å²) in [6, 6.07) is 0. The van der Waals surface area contributed by atoms with Gasteiger partial charge in [-0.05, 0) is 18.8 Å². The van der Waals surface area contributed by atoms with Gasteiger partial charge in [0.1, 0.15) is 0 Å². The number of carbonyl (C=O) groups excluding carboxylic acids is 1. The van der Waals surface area contributed by atoms with E-state index in [0.717, 1.165) is 0 Å². The Kier molecular flexibility index (Phi) is 5.55. The van der Waals surface area contributed by atoms with Crippen molar-refractivity contribution in [1.29, 1.82) is 0 Å². The van der Waals surface area contributed by atoms with E-state index in [9.17, 15) is 9.59 Å². The molecule has 4 N–H and O–H groups in total. The molecule has 6 nitrogen and oxygen atoms in total. The van der Waals surface area contributed by atoms with Crippen LogP contribution in [-0.2, 0) is 14.3 Å². The van der Waals surface area contributed by atoms with Gasteiger partial charge < -0.3 is 20.9 Å². The highest BCUT2D eigenvalue weighted by molar-refractivity contribution is 5.79. The van der Waals surface area contributed by atoms with Crippen LogP contribution in [0.5, 0.6) is 0 Å². The van der Waals surface area contributed by atoms with Crippen LogP contribution in [0.4, 0.5) is 0 Å². The molecule has 1 heterocycles. The molecule has 1 aliphatic heterocycles. The highest BCUT2D eigenvalue weighted by Crippen LogP contribution is 2.19. The summed E-state index contributed by atoms with van der Waals surface area (Å²) in [4.78, 5) is 22.5. The molecule has 1 fully saturated rings. The molecule has 3 unspecified atom stereocenters. The molecule has 0 aromatic heterocycles. The van der Waals surface area contributed by atoms with Crippen molar-refractivity contribution in [3.63, 3.8) is 0 Å². The number of hydrogen-bond acceptors (Lipinski definition) is 4. The molecule has 1 rings (SSSR count). The average molecular weight is 258 g/mol. The highest BCUT2D eigenvalue weighted by Gasteiger charge is 2.31. The Hall–Kier alpha value is -1.14. The van der Waals surface area contributed by atoms with Crippen LogP contribution in [0.1, 0.15) is 26.7 Å². The van der Waals surface area contributed by atoms with Gasteiger partial charge in [-0.25, -0.2) is 4.79 Å². The lowest BCUT2D eigenvalue weighted by atomic mass is 9.95. The number of carboxylic acid groups (broad SMARTS) is 1. The summed E-state index contributed by atoms with van der Waals surface area (Å²) in [6.07, 6.45) is 0.218. The molecular formula is C12H22N2O4. The number of ether oxygens (including phenoxy) is 1. The lowest BCUT2D eigenvalue weighted by Gasteiger charge is -2.19. The summed E-state index contributed by atoms with van der Waals surface area (Å²) in [5.41, 5.74) is 5.55. The molecule has 1 saturated heterocycles. The van der Waals surface area contributed by atoms with E-state index in [4.69, 9.17) is 15.6 Å². The topological polar surface area (TPSA) is 102 Å². The van der Waals surface area contributed by atoms with Crippen LogP contribution in [0, 0.1) is 11.8 Å². The van der Waals surface area contributed by atoms with Crippen LogP contribution in [0.25, 0.3) is 0 Å². The van der Waals surface area contributed by atoms with Crippen LogP contribution in [0.3, 0.4) is 0 Å². The number of nitrogens with one attached hydrogen (secondary N) is 1. The third-order valence-electron chi connectivity index (χ3n) is 3.28. The second kappa shape index (κ2) is 6.70. The van der Waals surface area contributed by atoms with Crippen LogP contribution >= 0.6 is 0 Å².